The highest BCUT2D eigenvalue weighted by Crippen LogP contribution is 2.61. The average molecular weight is 526 g/mol. The number of carbonyl (C=O) groups excluding carboxylic acids is 2. The Hall–Kier alpha value is -3.16. The Kier molecular flexibility index (Phi) is 4.77. The normalized spacial score (nSPS) is 23.9. The Bertz CT molecular complexity index is 1620. The van der Waals surface area contributed by atoms with E-state index in [0.717, 1.165) is 44.1 Å². The minimum Gasteiger partial charge on any atom is -0.303 e. The maximum absolute atomic E-state index is 14.4. The summed E-state index contributed by atoms with van der Waals surface area (Å²) in [5.74, 6) is 0.577. The first kappa shape index (κ1) is 23.0. The van der Waals surface area contributed by atoms with Gasteiger partial charge in [0.1, 0.15) is 5.01 Å². The van der Waals surface area contributed by atoms with Crippen LogP contribution in [-0.4, -0.2) is 28.1 Å². The summed E-state index contributed by atoms with van der Waals surface area (Å²) in [6.07, 6.45) is 0.889. The summed E-state index contributed by atoms with van der Waals surface area (Å²) in [6, 6.07) is 20.5. The number of aryl methyl sites for hydroxylation is 1. The number of thiazole rings is 1. The Morgan fingerprint density at radius 1 is 1.00 bits per heavy atom. The van der Waals surface area contributed by atoms with Gasteiger partial charge in [0.25, 0.3) is 5.91 Å². The summed E-state index contributed by atoms with van der Waals surface area (Å²) in [5, 5.41) is 0.948. The zero-order valence-corrected chi connectivity index (χ0v) is 22.9. The zero-order chi connectivity index (χ0) is 25.7. The van der Waals surface area contributed by atoms with Crippen molar-refractivity contribution in [2.75, 3.05) is 15.6 Å². The van der Waals surface area contributed by atoms with Crippen LogP contribution < -0.4 is 9.80 Å². The molecule has 4 heterocycles. The van der Waals surface area contributed by atoms with Crippen LogP contribution in [0.5, 0.6) is 0 Å². The number of aromatic nitrogens is 1. The third kappa shape index (κ3) is 3.07. The molecule has 0 radical (unpaired) electrons. The zero-order valence-electron chi connectivity index (χ0n) is 21.2. The van der Waals surface area contributed by atoms with E-state index in [0.29, 0.717) is 5.92 Å². The second-order valence-corrected chi connectivity index (χ2v) is 13.2. The van der Waals surface area contributed by atoms with Gasteiger partial charge in [-0.15, -0.1) is 23.1 Å². The Labute approximate surface area is 224 Å². The lowest BCUT2D eigenvalue weighted by atomic mass is 9.80. The number of hydrogen-bond acceptors (Lipinski definition) is 5. The van der Waals surface area contributed by atoms with Gasteiger partial charge in [-0.25, -0.2) is 4.98 Å². The molecule has 0 saturated carbocycles. The van der Waals surface area contributed by atoms with Crippen molar-refractivity contribution in [3.05, 3.63) is 77.4 Å². The SMILES string of the molecule is Cc1ccc2nc(-c3ccc(N4C(=O)CS[C@@]45C(=O)N4c6c(cccc65)[C@H](C)CC4(C)C)cc3)sc2c1. The summed E-state index contributed by atoms with van der Waals surface area (Å²) in [5.41, 5.74) is 6.78. The highest BCUT2D eigenvalue weighted by Gasteiger charge is 2.64. The second-order valence-electron chi connectivity index (χ2n) is 11.0. The number of para-hydroxylation sites is 1. The lowest BCUT2D eigenvalue weighted by Gasteiger charge is -2.44. The average Bonchev–Trinajstić information content (AvgIpc) is 3.51. The van der Waals surface area contributed by atoms with E-state index in [1.165, 1.54) is 22.9 Å². The lowest BCUT2D eigenvalue weighted by molar-refractivity contribution is -0.124. The van der Waals surface area contributed by atoms with Gasteiger partial charge < -0.3 is 4.90 Å². The molecule has 1 saturated heterocycles. The van der Waals surface area contributed by atoms with Crippen LogP contribution in [-0.2, 0) is 14.5 Å². The molecule has 3 aliphatic heterocycles. The molecule has 0 bridgehead atoms. The summed E-state index contributed by atoms with van der Waals surface area (Å²) in [6.45, 7) is 8.60. The number of rotatable bonds is 2. The molecular formula is C30H27N3O2S2. The van der Waals surface area contributed by atoms with E-state index in [9.17, 15) is 9.59 Å². The number of hydrogen-bond donors (Lipinski definition) is 0. The fourth-order valence-corrected chi connectivity index (χ4v) is 8.84. The largest absolute Gasteiger partial charge is 0.303 e. The van der Waals surface area contributed by atoms with Crippen molar-refractivity contribution in [3.63, 3.8) is 0 Å². The minimum atomic E-state index is -1.07. The van der Waals surface area contributed by atoms with Crippen LogP contribution in [0.4, 0.5) is 11.4 Å². The van der Waals surface area contributed by atoms with Crippen molar-refractivity contribution in [1.29, 1.82) is 0 Å². The van der Waals surface area contributed by atoms with E-state index in [2.05, 4.69) is 52.0 Å². The van der Waals surface area contributed by atoms with Crippen molar-refractivity contribution < 1.29 is 9.59 Å². The van der Waals surface area contributed by atoms with E-state index in [4.69, 9.17) is 4.98 Å². The van der Waals surface area contributed by atoms with Gasteiger partial charge in [-0.2, -0.15) is 0 Å². The lowest BCUT2D eigenvalue weighted by Crippen LogP contribution is -2.56. The number of anilines is 2. The van der Waals surface area contributed by atoms with Gasteiger partial charge in [0.05, 0.1) is 21.7 Å². The quantitative estimate of drug-likeness (QED) is 0.288. The van der Waals surface area contributed by atoms with Crippen LogP contribution in [0.2, 0.25) is 0 Å². The molecule has 3 aliphatic rings. The van der Waals surface area contributed by atoms with Crippen molar-refractivity contribution in [2.24, 2.45) is 0 Å². The predicted molar refractivity (Wildman–Crippen MR) is 152 cm³/mol. The molecule has 4 aromatic rings. The van der Waals surface area contributed by atoms with Crippen LogP contribution in [0.1, 0.15) is 49.8 Å². The maximum atomic E-state index is 14.4. The Morgan fingerprint density at radius 2 is 1.78 bits per heavy atom. The van der Waals surface area contributed by atoms with Crippen LogP contribution in [0.15, 0.2) is 60.7 Å². The van der Waals surface area contributed by atoms with E-state index in [1.807, 2.05) is 41.3 Å². The fraction of sp³-hybridized carbons (Fsp3) is 0.300. The first-order chi connectivity index (χ1) is 17.7. The van der Waals surface area contributed by atoms with Crippen LogP contribution in [0, 0.1) is 6.92 Å². The predicted octanol–water partition coefficient (Wildman–Crippen LogP) is 6.84. The summed E-state index contributed by atoms with van der Waals surface area (Å²) >= 11 is 3.12. The molecular weight excluding hydrogens is 498 g/mol. The summed E-state index contributed by atoms with van der Waals surface area (Å²) < 4.78 is 1.16. The number of amides is 2. The van der Waals surface area contributed by atoms with E-state index < -0.39 is 4.87 Å². The Morgan fingerprint density at radius 3 is 2.57 bits per heavy atom. The van der Waals surface area contributed by atoms with E-state index >= 15 is 0 Å². The van der Waals surface area contributed by atoms with Crippen LogP contribution >= 0.6 is 23.1 Å². The van der Waals surface area contributed by atoms with Gasteiger partial charge in [0.2, 0.25) is 10.8 Å². The molecule has 0 unspecified atom stereocenters. The maximum Gasteiger partial charge on any atom is 0.269 e. The molecule has 1 aromatic heterocycles. The number of benzene rings is 3. The van der Waals surface area contributed by atoms with Gasteiger partial charge in [0, 0.05) is 22.4 Å². The number of nitrogens with zero attached hydrogens (tertiary/aromatic N) is 3. The van der Waals surface area contributed by atoms with Gasteiger partial charge in [-0.1, -0.05) is 31.2 Å². The molecule has 0 aliphatic carbocycles. The molecule has 5 nitrogen and oxygen atoms in total. The number of thioether (sulfide) groups is 1. The van der Waals surface area contributed by atoms with Gasteiger partial charge >= 0.3 is 0 Å². The molecule has 0 N–H and O–H groups in total. The molecule has 1 spiro atoms. The third-order valence-electron chi connectivity index (χ3n) is 7.98. The molecule has 1 fully saturated rings. The van der Waals surface area contributed by atoms with Crippen LogP contribution in [0.3, 0.4) is 0 Å². The molecule has 2 amide bonds. The molecule has 2 atom stereocenters. The highest BCUT2D eigenvalue weighted by molar-refractivity contribution is 8.02. The summed E-state index contributed by atoms with van der Waals surface area (Å²) in [7, 11) is 0. The highest BCUT2D eigenvalue weighted by atomic mass is 32.2. The number of fused-ring (bicyclic) bond motifs is 2. The van der Waals surface area contributed by atoms with Gasteiger partial charge in [0.15, 0.2) is 0 Å². The smallest absolute Gasteiger partial charge is 0.269 e. The fourth-order valence-electron chi connectivity index (χ4n) is 6.44. The molecule has 7 rings (SSSR count). The molecule has 7 heteroatoms. The standard InChI is InChI=1S/C30H27N3O2S2/c1-17-8-13-23-24(14-17)37-27(31-23)19-9-11-20(12-10-19)32-25(34)16-36-30(32)22-7-5-6-21-18(2)15-29(3,4)33(26(21)22)28(30)35/h5-14,18H,15-16H2,1-4H3/t18-,30+/m1/s1. The summed E-state index contributed by atoms with van der Waals surface area (Å²) in [4.78, 5) is 35.3. The third-order valence-corrected chi connectivity index (χ3v) is 10.4. The minimum absolute atomic E-state index is 0.00619. The topological polar surface area (TPSA) is 53.5 Å². The Balaban J connectivity index is 1.34. The first-order valence-corrected chi connectivity index (χ1v) is 14.4. The van der Waals surface area contributed by atoms with E-state index in [-0.39, 0.29) is 23.1 Å². The van der Waals surface area contributed by atoms with Crippen molar-refractivity contribution in [2.45, 2.75) is 50.4 Å². The van der Waals surface area contributed by atoms with Gasteiger partial charge in [-0.3, -0.25) is 14.5 Å². The first-order valence-electron chi connectivity index (χ1n) is 12.6. The van der Waals surface area contributed by atoms with Gasteiger partial charge in [-0.05, 0) is 80.6 Å². The number of carbonyl (C=O) groups is 2. The second kappa shape index (κ2) is 7.68. The van der Waals surface area contributed by atoms with Crippen molar-refractivity contribution >= 4 is 56.5 Å². The van der Waals surface area contributed by atoms with Crippen molar-refractivity contribution in [3.8, 4) is 10.6 Å². The molecule has 186 valence electrons. The monoisotopic (exact) mass is 525 g/mol. The van der Waals surface area contributed by atoms with Crippen LogP contribution in [0.25, 0.3) is 20.8 Å². The molecule has 3 aromatic carbocycles. The van der Waals surface area contributed by atoms with E-state index in [1.54, 1.807) is 16.2 Å². The molecule has 37 heavy (non-hydrogen) atoms. The van der Waals surface area contributed by atoms with Crippen molar-refractivity contribution in [1.82, 2.24) is 4.98 Å².